The van der Waals surface area contributed by atoms with Gasteiger partial charge in [-0.05, 0) is 37.1 Å². The summed E-state index contributed by atoms with van der Waals surface area (Å²) in [6, 6.07) is 4.30. The van der Waals surface area contributed by atoms with E-state index >= 15 is 0 Å². The summed E-state index contributed by atoms with van der Waals surface area (Å²) in [5, 5.41) is 12.8. The van der Waals surface area contributed by atoms with Gasteiger partial charge in [0.1, 0.15) is 0 Å². The van der Waals surface area contributed by atoms with Gasteiger partial charge in [-0.1, -0.05) is 37.6 Å². The Morgan fingerprint density at radius 1 is 1.48 bits per heavy atom. The Labute approximate surface area is 144 Å². The van der Waals surface area contributed by atoms with Crippen molar-refractivity contribution < 1.29 is 4.79 Å². The van der Waals surface area contributed by atoms with Crippen molar-refractivity contribution in [3.05, 3.63) is 17.5 Å². The number of nitrogens with one attached hydrogen (secondary N) is 2. The molecule has 2 heterocycles. The minimum absolute atomic E-state index is 0.0798. The number of carbonyl (C=O) groups is 1. The van der Waals surface area contributed by atoms with E-state index in [4.69, 9.17) is 0 Å². The van der Waals surface area contributed by atoms with E-state index in [-0.39, 0.29) is 11.2 Å². The maximum atomic E-state index is 12.4. The molecule has 1 saturated carbocycles. The molecule has 1 amide bonds. The number of amides is 1. The minimum Gasteiger partial charge on any atom is -0.352 e. The fourth-order valence-corrected chi connectivity index (χ4v) is 4.26. The Morgan fingerprint density at radius 2 is 2.30 bits per heavy atom. The molecule has 0 radical (unpaired) electrons. The highest BCUT2D eigenvalue weighted by Crippen LogP contribution is 2.27. The van der Waals surface area contributed by atoms with Crippen molar-refractivity contribution in [3.63, 3.8) is 0 Å². The van der Waals surface area contributed by atoms with Gasteiger partial charge in [-0.25, -0.2) is 4.98 Å². The van der Waals surface area contributed by atoms with Crippen LogP contribution in [0.3, 0.4) is 0 Å². The highest BCUT2D eigenvalue weighted by atomic mass is 32.2. The molecular formula is C16H22N4OS2. The lowest BCUT2D eigenvalue weighted by Crippen LogP contribution is -2.44. The third kappa shape index (κ3) is 4.14. The number of thioether (sulfide) groups is 1. The second-order valence-electron chi connectivity index (χ2n) is 6.08. The van der Waals surface area contributed by atoms with Crippen LogP contribution in [0.1, 0.15) is 39.5 Å². The number of aromatic amines is 1. The third-order valence-corrected chi connectivity index (χ3v) is 6.15. The number of hydrogen-bond acceptors (Lipinski definition) is 5. The van der Waals surface area contributed by atoms with Gasteiger partial charge in [-0.2, -0.15) is 0 Å². The van der Waals surface area contributed by atoms with Gasteiger partial charge in [-0.3, -0.25) is 9.89 Å². The van der Waals surface area contributed by atoms with Crippen molar-refractivity contribution in [2.45, 2.75) is 56.0 Å². The Bertz CT molecular complexity index is 640. The predicted octanol–water partition coefficient (Wildman–Crippen LogP) is 3.71. The first-order chi connectivity index (χ1) is 11.1. The summed E-state index contributed by atoms with van der Waals surface area (Å²) in [5.41, 5.74) is 0. The molecule has 0 saturated heterocycles. The van der Waals surface area contributed by atoms with Crippen molar-refractivity contribution in [1.82, 2.24) is 20.5 Å². The average molecular weight is 351 g/mol. The molecule has 2 aromatic heterocycles. The molecule has 124 valence electrons. The topological polar surface area (TPSA) is 70.7 Å². The monoisotopic (exact) mass is 350 g/mol. The first-order valence-corrected chi connectivity index (χ1v) is 9.82. The van der Waals surface area contributed by atoms with E-state index in [2.05, 4.69) is 27.4 Å². The molecule has 0 aliphatic heterocycles. The first kappa shape index (κ1) is 16.5. The molecule has 3 rings (SSSR count). The van der Waals surface area contributed by atoms with Crippen LogP contribution in [-0.2, 0) is 4.79 Å². The fourth-order valence-electron chi connectivity index (χ4n) is 2.87. The van der Waals surface area contributed by atoms with E-state index in [0.29, 0.717) is 17.1 Å². The zero-order valence-electron chi connectivity index (χ0n) is 13.4. The van der Waals surface area contributed by atoms with E-state index in [0.717, 1.165) is 17.1 Å². The Hall–Kier alpha value is -1.34. The quantitative estimate of drug-likeness (QED) is 0.807. The number of rotatable bonds is 5. The van der Waals surface area contributed by atoms with Crippen LogP contribution in [0.5, 0.6) is 0 Å². The molecule has 0 aromatic carbocycles. The molecule has 23 heavy (non-hydrogen) atoms. The minimum atomic E-state index is -0.198. The number of carbonyl (C=O) groups excluding carboxylic acids is 1. The molecule has 1 aliphatic rings. The van der Waals surface area contributed by atoms with Gasteiger partial charge >= 0.3 is 0 Å². The fraction of sp³-hybridized carbons (Fsp3) is 0.562. The zero-order valence-corrected chi connectivity index (χ0v) is 15.0. The Morgan fingerprint density at radius 3 is 3.04 bits per heavy atom. The normalized spacial score (nSPS) is 22.7. The van der Waals surface area contributed by atoms with Crippen LogP contribution < -0.4 is 5.32 Å². The molecule has 2 aromatic rings. The molecule has 2 N–H and O–H groups in total. The summed E-state index contributed by atoms with van der Waals surface area (Å²) in [6.45, 7) is 4.14. The molecule has 0 bridgehead atoms. The van der Waals surface area contributed by atoms with Crippen LogP contribution in [-0.4, -0.2) is 32.4 Å². The summed E-state index contributed by atoms with van der Waals surface area (Å²) >= 11 is 3.01. The second-order valence-corrected chi connectivity index (χ2v) is 8.34. The van der Waals surface area contributed by atoms with Gasteiger partial charge in [-0.15, -0.1) is 16.4 Å². The molecule has 1 aliphatic carbocycles. The van der Waals surface area contributed by atoms with E-state index in [1.807, 2.05) is 24.4 Å². The Kier molecular flexibility index (Phi) is 5.38. The molecule has 5 nitrogen and oxygen atoms in total. The maximum Gasteiger partial charge on any atom is 0.233 e. The lowest BCUT2D eigenvalue weighted by atomic mass is 9.86. The highest BCUT2D eigenvalue weighted by Gasteiger charge is 2.25. The van der Waals surface area contributed by atoms with Gasteiger partial charge in [0.15, 0.2) is 5.82 Å². The van der Waals surface area contributed by atoms with Crippen molar-refractivity contribution in [3.8, 4) is 10.7 Å². The molecule has 3 unspecified atom stereocenters. The van der Waals surface area contributed by atoms with Crippen LogP contribution in [0, 0.1) is 5.92 Å². The predicted molar refractivity (Wildman–Crippen MR) is 94.6 cm³/mol. The number of H-pyrrole nitrogens is 1. The highest BCUT2D eigenvalue weighted by molar-refractivity contribution is 8.00. The molecule has 1 fully saturated rings. The summed E-state index contributed by atoms with van der Waals surface area (Å²) in [5.74, 6) is 1.41. The van der Waals surface area contributed by atoms with E-state index < -0.39 is 0 Å². The van der Waals surface area contributed by atoms with Gasteiger partial charge in [0.25, 0.3) is 0 Å². The molecule has 3 atom stereocenters. The van der Waals surface area contributed by atoms with Crippen molar-refractivity contribution in [1.29, 1.82) is 0 Å². The first-order valence-electron chi connectivity index (χ1n) is 8.07. The number of nitrogens with zero attached hydrogens (tertiary/aromatic N) is 2. The van der Waals surface area contributed by atoms with Crippen LogP contribution in [0.2, 0.25) is 0 Å². The van der Waals surface area contributed by atoms with Gasteiger partial charge in [0, 0.05) is 6.04 Å². The second kappa shape index (κ2) is 7.49. The third-order valence-electron chi connectivity index (χ3n) is 4.31. The molecule has 0 spiro atoms. The van der Waals surface area contributed by atoms with Crippen LogP contribution in [0.25, 0.3) is 10.7 Å². The number of thiophene rings is 1. The van der Waals surface area contributed by atoms with Crippen LogP contribution in [0.15, 0.2) is 22.7 Å². The standard InChI is InChI=1S/C16H22N4OS2/c1-10-6-3-4-7-12(10)17-15(21)11(2)23-16-18-14(19-20-16)13-8-5-9-22-13/h5,8-12H,3-4,6-7H2,1-2H3,(H,17,21)(H,18,19,20). The zero-order chi connectivity index (χ0) is 16.2. The van der Waals surface area contributed by atoms with Crippen molar-refractivity contribution in [2.24, 2.45) is 5.92 Å². The van der Waals surface area contributed by atoms with Crippen molar-refractivity contribution in [2.75, 3.05) is 0 Å². The van der Waals surface area contributed by atoms with E-state index in [1.165, 1.54) is 31.0 Å². The summed E-state index contributed by atoms with van der Waals surface area (Å²) in [4.78, 5) is 17.9. The van der Waals surface area contributed by atoms with Gasteiger partial charge in [0.2, 0.25) is 11.1 Å². The van der Waals surface area contributed by atoms with Crippen molar-refractivity contribution >= 4 is 29.0 Å². The summed E-state index contributed by atoms with van der Waals surface area (Å²) < 4.78 is 0. The number of hydrogen-bond donors (Lipinski definition) is 2. The maximum absolute atomic E-state index is 12.4. The van der Waals surface area contributed by atoms with Gasteiger partial charge in [0.05, 0.1) is 10.1 Å². The van der Waals surface area contributed by atoms with Crippen LogP contribution >= 0.6 is 23.1 Å². The Balaban J connectivity index is 1.56. The van der Waals surface area contributed by atoms with Gasteiger partial charge < -0.3 is 5.32 Å². The van der Waals surface area contributed by atoms with E-state index in [9.17, 15) is 4.79 Å². The smallest absolute Gasteiger partial charge is 0.233 e. The lowest BCUT2D eigenvalue weighted by molar-refractivity contribution is -0.121. The summed E-state index contributed by atoms with van der Waals surface area (Å²) in [6.07, 6.45) is 4.79. The number of aromatic nitrogens is 3. The lowest BCUT2D eigenvalue weighted by Gasteiger charge is -2.30. The van der Waals surface area contributed by atoms with E-state index in [1.54, 1.807) is 11.3 Å². The molecular weight excluding hydrogens is 328 g/mol. The largest absolute Gasteiger partial charge is 0.352 e. The SMILES string of the molecule is CC(Sc1n[nH]c(-c2cccs2)n1)C(=O)NC1CCCCC1C. The molecule has 7 heteroatoms. The summed E-state index contributed by atoms with van der Waals surface area (Å²) in [7, 11) is 0. The van der Waals surface area contributed by atoms with Crippen LogP contribution in [0.4, 0.5) is 0 Å². The average Bonchev–Trinajstić information content (AvgIpc) is 3.20.